The molecule has 0 aliphatic carbocycles. The number of rotatable bonds is 4. The Labute approximate surface area is 132 Å². The van der Waals surface area contributed by atoms with Crippen molar-refractivity contribution in [3.05, 3.63) is 18.2 Å². The molecular formula is C15H19N3O3S. The first kappa shape index (κ1) is 15.1. The summed E-state index contributed by atoms with van der Waals surface area (Å²) in [5.41, 5.74) is 0.841. The van der Waals surface area contributed by atoms with E-state index in [1.54, 1.807) is 7.11 Å². The third kappa shape index (κ3) is 3.31. The van der Waals surface area contributed by atoms with Crippen molar-refractivity contribution in [1.29, 1.82) is 0 Å². The van der Waals surface area contributed by atoms with E-state index in [1.165, 1.54) is 11.3 Å². The lowest BCUT2D eigenvalue weighted by Crippen LogP contribution is -2.42. The number of anilines is 1. The summed E-state index contributed by atoms with van der Waals surface area (Å²) in [6.45, 7) is 2.73. The number of aromatic nitrogens is 1. The molecular weight excluding hydrogens is 302 g/mol. The average molecular weight is 321 g/mol. The van der Waals surface area contributed by atoms with Crippen molar-refractivity contribution in [1.82, 2.24) is 10.3 Å². The summed E-state index contributed by atoms with van der Waals surface area (Å²) in [5, 5.41) is 6.26. The van der Waals surface area contributed by atoms with Crippen molar-refractivity contribution in [3.8, 4) is 5.75 Å². The van der Waals surface area contributed by atoms with Gasteiger partial charge in [0.1, 0.15) is 5.75 Å². The highest BCUT2D eigenvalue weighted by atomic mass is 32.1. The fourth-order valence-corrected chi connectivity index (χ4v) is 3.40. The van der Waals surface area contributed by atoms with E-state index >= 15 is 0 Å². The lowest BCUT2D eigenvalue weighted by Gasteiger charge is -2.19. The number of thiazole rings is 1. The van der Waals surface area contributed by atoms with Crippen LogP contribution in [-0.4, -0.2) is 36.9 Å². The van der Waals surface area contributed by atoms with Crippen LogP contribution in [0.4, 0.5) is 9.93 Å². The fourth-order valence-electron chi connectivity index (χ4n) is 2.52. The Morgan fingerprint density at radius 2 is 2.41 bits per heavy atom. The molecule has 2 heterocycles. The highest BCUT2D eigenvalue weighted by Gasteiger charge is 2.23. The Balaban J connectivity index is 1.63. The number of hydrogen-bond donors (Lipinski definition) is 2. The molecule has 0 radical (unpaired) electrons. The normalized spacial score (nSPS) is 19.1. The van der Waals surface area contributed by atoms with Crippen molar-refractivity contribution < 1.29 is 14.3 Å². The Hall–Kier alpha value is -1.86. The van der Waals surface area contributed by atoms with E-state index in [0.717, 1.165) is 35.4 Å². The number of carbonyl (C=O) groups is 1. The van der Waals surface area contributed by atoms with Gasteiger partial charge in [0.05, 0.1) is 29.5 Å². The van der Waals surface area contributed by atoms with Crippen molar-refractivity contribution in [3.63, 3.8) is 0 Å². The van der Waals surface area contributed by atoms with E-state index in [9.17, 15) is 4.79 Å². The molecule has 118 valence electrons. The first-order chi connectivity index (χ1) is 10.7. The molecule has 6 nitrogen and oxygen atoms in total. The van der Waals surface area contributed by atoms with Gasteiger partial charge in [-0.1, -0.05) is 11.3 Å². The largest absolute Gasteiger partial charge is 0.497 e. The van der Waals surface area contributed by atoms with Crippen LogP contribution >= 0.6 is 11.3 Å². The van der Waals surface area contributed by atoms with Gasteiger partial charge < -0.3 is 14.8 Å². The predicted molar refractivity (Wildman–Crippen MR) is 86.8 cm³/mol. The van der Waals surface area contributed by atoms with Gasteiger partial charge in [0.15, 0.2) is 5.13 Å². The molecule has 1 saturated heterocycles. The Bertz CT molecular complexity index is 667. The summed E-state index contributed by atoms with van der Waals surface area (Å²) >= 11 is 1.42. The Kier molecular flexibility index (Phi) is 4.44. The number of nitrogens with zero attached hydrogens (tertiary/aromatic N) is 1. The minimum absolute atomic E-state index is 0.0167. The Morgan fingerprint density at radius 3 is 3.14 bits per heavy atom. The lowest BCUT2D eigenvalue weighted by atomic mass is 10.1. The first-order valence-electron chi connectivity index (χ1n) is 7.29. The third-order valence-corrected chi connectivity index (χ3v) is 4.63. The van der Waals surface area contributed by atoms with Gasteiger partial charge >= 0.3 is 6.03 Å². The summed E-state index contributed by atoms with van der Waals surface area (Å²) < 4.78 is 11.7. The number of fused-ring (bicyclic) bond motifs is 1. The van der Waals surface area contributed by atoms with Gasteiger partial charge in [0.2, 0.25) is 0 Å². The molecule has 2 amide bonds. The molecule has 2 N–H and O–H groups in total. The van der Waals surface area contributed by atoms with E-state index < -0.39 is 0 Å². The quantitative estimate of drug-likeness (QED) is 0.908. The van der Waals surface area contributed by atoms with E-state index in [2.05, 4.69) is 15.6 Å². The van der Waals surface area contributed by atoms with E-state index in [1.807, 2.05) is 25.1 Å². The van der Waals surface area contributed by atoms with Crippen LogP contribution in [0, 0.1) is 0 Å². The number of methoxy groups -OCH3 is 1. The molecule has 0 saturated carbocycles. The number of nitrogens with one attached hydrogen (secondary N) is 2. The number of benzene rings is 1. The van der Waals surface area contributed by atoms with Gasteiger partial charge in [-0.25, -0.2) is 9.78 Å². The first-order valence-corrected chi connectivity index (χ1v) is 8.11. The minimum atomic E-state index is -0.256. The van der Waals surface area contributed by atoms with Crippen LogP contribution in [-0.2, 0) is 4.74 Å². The van der Waals surface area contributed by atoms with Crippen LogP contribution in [0.1, 0.15) is 19.8 Å². The zero-order valence-corrected chi connectivity index (χ0v) is 13.4. The number of carbonyl (C=O) groups excluding carboxylic acids is 1. The maximum absolute atomic E-state index is 12.0. The fraction of sp³-hybridized carbons (Fsp3) is 0.467. The standard InChI is InChI=1S/C15H19N3O3S/c1-9(12-4-3-7-21-12)16-14(19)18-15-17-11-6-5-10(20-2)8-13(11)22-15/h5-6,8-9,12H,3-4,7H2,1-2H3,(H2,16,17,18,19)/t9-,12+/m1/s1. The highest BCUT2D eigenvalue weighted by Crippen LogP contribution is 2.29. The van der Waals surface area contributed by atoms with Gasteiger partial charge in [-0.05, 0) is 38.0 Å². The summed E-state index contributed by atoms with van der Waals surface area (Å²) in [4.78, 5) is 16.4. The van der Waals surface area contributed by atoms with Crippen molar-refractivity contribution in [2.45, 2.75) is 31.9 Å². The second-order valence-corrected chi connectivity index (χ2v) is 6.32. The molecule has 1 aliphatic rings. The maximum atomic E-state index is 12.0. The van der Waals surface area contributed by atoms with Gasteiger partial charge in [-0.2, -0.15) is 0 Å². The molecule has 0 bridgehead atoms. The molecule has 1 fully saturated rings. The third-order valence-electron chi connectivity index (χ3n) is 3.70. The maximum Gasteiger partial charge on any atom is 0.321 e. The molecule has 2 atom stereocenters. The molecule has 22 heavy (non-hydrogen) atoms. The molecule has 3 rings (SSSR count). The molecule has 0 unspecified atom stereocenters. The van der Waals surface area contributed by atoms with E-state index in [4.69, 9.17) is 9.47 Å². The monoisotopic (exact) mass is 321 g/mol. The van der Waals surface area contributed by atoms with Crippen LogP contribution < -0.4 is 15.4 Å². The van der Waals surface area contributed by atoms with Crippen molar-refractivity contribution >= 4 is 32.7 Å². The van der Waals surface area contributed by atoms with E-state index in [0.29, 0.717) is 5.13 Å². The molecule has 1 aromatic carbocycles. The second kappa shape index (κ2) is 6.50. The molecule has 0 spiro atoms. The predicted octanol–water partition coefficient (Wildman–Crippen LogP) is 2.99. The van der Waals surface area contributed by atoms with Gasteiger partial charge in [0, 0.05) is 6.61 Å². The van der Waals surface area contributed by atoms with Crippen molar-refractivity contribution in [2.75, 3.05) is 19.0 Å². The van der Waals surface area contributed by atoms with E-state index in [-0.39, 0.29) is 18.2 Å². The summed E-state index contributed by atoms with van der Waals surface area (Å²) in [5.74, 6) is 0.777. The topological polar surface area (TPSA) is 72.5 Å². The number of amides is 2. The average Bonchev–Trinajstić information content (AvgIpc) is 3.15. The minimum Gasteiger partial charge on any atom is -0.497 e. The summed E-state index contributed by atoms with van der Waals surface area (Å²) in [7, 11) is 1.63. The highest BCUT2D eigenvalue weighted by molar-refractivity contribution is 7.22. The zero-order valence-electron chi connectivity index (χ0n) is 12.6. The van der Waals surface area contributed by atoms with Gasteiger partial charge in [0.25, 0.3) is 0 Å². The van der Waals surface area contributed by atoms with Crippen LogP contribution in [0.3, 0.4) is 0 Å². The Morgan fingerprint density at radius 1 is 1.55 bits per heavy atom. The molecule has 7 heteroatoms. The number of hydrogen-bond acceptors (Lipinski definition) is 5. The SMILES string of the molecule is COc1ccc2nc(NC(=O)N[C@H](C)[C@@H]3CCCO3)sc2c1. The zero-order chi connectivity index (χ0) is 15.5. The lowest BCUT2D eigenvalue weighted by molar-refractivity contribution is 0.0868. The van der Waals surface area contributed by atoms with Crippen molar-refractivity contribution in [2.24, 2.45) is 0 Å². The second-order valence-electron chi connectivity index (χ2n) is 5.29. The molecule has 2 aromatic rings. The summed E-state index contributed by atoms with van der Waals surface area (Å²) in [6, 6.07) is 5.37. The molecule has 1 aromatic heterocycles. The smallest absolute Gasteiger partial charge is 0.321 e. The van der Waals surface area contributed by atoms with Crippen LogP contribution in [0.5, 0.6) is 5.75 Å². The summed E-state index contributed by atoms with van der Waals surface area (Å²) in [6.07, 6.45) is 2.14. The van der Waals surface area contributed by atoms with Crippen LogP contribution in [0.25, 0.3) is 10.2 Å². The number of ether oxygens (including phenoxy) is 2. The molecule has 1 aliphatic heterocycles. The number of urea groups is 1. The van der Waals surface area contributed by atoms with Gasteiger partial charge in [-0.3, -0.25) is 5.32 Å². The van der Waals surface area contributed by atoms with Gasteiger partial charge in [-0.15, -0.1) is 0 Å². The van der Waals surface area contributed by atoms with Crippen LogP contribution in [0.15, 0.2) is 18.2 Å². The van der Waals surface area contributed by atoms with Crippen LogP contribution in [0.2, 0.25) is 0 Å².